The highest BCUT2D eigenvalue weighted by atomic mass is 16.4. The highest BCUT2D eigenvalue weighted by molar-refractivity contribution is 6.00. The second-order valence-electron chi connectivity index (χ2n) is 11.8. The minimum atomic E-state index is -1.16. The van der Waals surface area contributed by atoms with E-state index in [4.69, 9.17) is 4.98 Å². The van der Waals surface area contributed by atoms with Crippen molar-refractivity contribution in [3.8, 4) is 17.1 Å². The largest absolute Gasteiger partial charge is 0.508 e. The monoisotopic (exact) mass is 587 g/mol. The molecule has 0 aliphatic heterocycles. The van der Waals surface area contributed by atoms with Crippen molar-refractivity contribution in [2.45, 2.75) is 57.5 Å². The number of aromatic hydroxyl groups is 1. The van der Waals surface area contributed by atoms with E-state index in [-0.39, 0.29) is 12.2 Å². The van der Waals surface area contributed by atoms with Gasteiger partial charge in [-0.25, -0.2) is 9.78 Å². The molecule has 3 aromatic carbocycles. The fourth-order valence-corrected chi connectivity index (χ4v) is 6.52. The van der Waals surface area contributed by atoms with Gasteiger partial charge in [-0.3, -0.25) is 9.78 Å². The molecule has 1 amide bonds. The van der Waals surface area contributed by atoms with Crippen LogP contribution in [0.5, 0.6) is 5.75 Å². The quantitative estimate of drug-likeness (QED) is 0.165. The van der Waals surface area contributed by atoms with Crippen molar-refractivity contribution in [2.24, 2.45) is 0 Å². The number of carboxylic acids is 1. The SMILES string of the molecule is Cc1ccc2cc(-c3nc4cc(C(=O)NC(Cc5c[nH]c6ccc(O)cc56)C(=O)O)ccc4n3C3CCCCC3)ccc2n1. The lowest BCUT2D eigenvalue weighted by Gasteiger charge is -2.25. The maximum absolute atomic E-state index is 13.4. The lowest BCUT2D eigenvalue weighted by Crippen LogP contribution is -2.42. The van der Waals surface area contributed by atoms with Crippen LogP contribution in [0.1, 0.15) is 59.8 Å². The summed E-state index contributed by atoms with van der Waals surface area (Å²) in [5, 5.41) is 24.3. The number of carbonyl (C=O) groups excluding carboxylic acids is 1. The zero-order chi connectivity index (χ0) is 30.4. The Morgan fingerprint density at radius 2 is 1.82 bits per heavy atom. The molecule has 6 aromatic rings. The van der Waals surface area contributed by atoms with Gasteiger partial charge in [-0.1, -0.05) is 25.3 Å². The van der Waals surface area contributed by atoms with E-state index < -0.39 is 17.9 Å². The molecule has 1 atom stereocenters. The van der Waals surface area contributed by atoms with Crippen LogP contribution in [0, 0.1) is 6.92 Å². The molecule has 0 saturated heterocycles. The summed E-state index contributed by atoms with van der Waals surface area (Å²) < 4.78 is 2.32. The van der Waals surface area contributed by atoms with E-state index in [1.165, 1.54) is 6.42 Å². The lowest BCUT2D eigenvalue weighted by molar-refractivity contribution is -0.139. The van der Waals surface area contributed by atoms with Crippen LogP contribution in [-0.2, 0) is 11.2 Å². The Labute approximate surface area is 253 Å². The summed E-state index contributed by atoms with van der Waals surface area (Å²) in [6.07, 6.45) is 7.47. The van der Waals surface area contributed by atoms with Crippen LogP contribution in [0.3, 0.4) is 0 Å². The number of aromatic amines is 1. The number of benzene rings is 3. The van der Waals surface area contributed by atoms with Crippen LogP contribution >= 0.6 is 0 Å². The van der Waals surface area contributed by atoms with Crippen molar-refractivity contribution < 1.29 is 19.8 Å². The molecule has 0 bridgehead atoms. The lowest BCUT2D eigenvalue weighted by atomic mass is 9.94. The van der Waals surface area contributed by atoms with E-state index in [1.807, 2.05) is 25.1 Å². The number of hydrogen-bond acceptors (Lipinski definition) is 5. The second kappa shape index (κ2) is 11.1. The molecule has 44 heavy (non-hydrogen) atoms. The first-order valence-electron chi connectivity index (χ1n) is 15.1. The second-order valence-corrected chi connectivity index (χ2v) is 11.8. The minimum absolute atomic E-state index is 0.0591. The van der Waals surface area contributed by atoms with Crippen molar-refractivity contribution >= 4 is 44.7 Å². The molecule has 1 aliphatic carbocycles. The van der Waals surface area contributed by atoms with Crippen LogP contribution in [0.25, 0.3) is 44.2 Å². The number of nitrogens with one attached hydrogen (secondary N) is 2. The fourth-order valence-electron chi connectivity index (χ4n) is 6.52. The molecular formula is C35H33N5O4. The number of phenols is 1. The van der Waals surface area contributed by atoms with E-state index in [2.05, 4.69) is 38.1 Å². The molecule has 222 valence electrons. The van der Waals surface area contributed by atoms with E-state index in [1.54, 1.807) is 36.5 Å². The molecule has 4 N–H and O–H groups in total. The topological polar surface area (TPSA) is 133 Å². The Hall–Kier alpha value is -5.18. The van der Waals surface area contributed by atoms with Crippen LogP contribution < -0.4 is 5.32 Å². The normalized spacial score (nSPS) is 14.8. The first-order chi connectivity index (χ1) is 21.3. The Balaban J connectivity index is 1.22. The molecule has 0 radical (unpaired) electrons. The molecule has 3 aromatic heterocycles. The van der Waals surface area contributed by atoms with Crippen LogP contribution in [-0.4, -0.2) is 47.7 Å². The Bertz CT molecular complexity index is 2050. The number of carbonyl (C=O) groups is 2. The maximum Gasteiger partial charge on any atom is 0.326 e. The molecule has 1 aliphatic rings. The predicted octanol–water partition coefficient (Wildman–Crippen LogP) is 6.68. The Morgan fingerprint density at radius 1 is 0.977 bits per heavy atom. The van der Waals surface area contributed by atoms with Crippen LogP contribution in [0.15, 0.2) is 72.9 Å². The van der Waals surface area contributed by atoms with Crippen molar-refractivity contribution in [1.29, 1.82) is 0 Å². The third kappa shape index (κ3) is 5.15. The first-order valence-corrected chi connectivity index (χ1v) is 15.1. The zero-order valence-electron chi connectivity index (χ0n) is 24.4. The summed E-state index contributed by atoms with van der Waals surface area (Å²) in [6.45, 7) is 1.98. The van der Waals surface area contributed by atoms with Gasteiger partial charge in [0.15, 0.2) is 0 Å². The summed E-state index contributed by atoms with van der Waals surface area (Å²) in [5.41, 5.74) is 6.36. The summed E-state index contributed by atoms with van der Waals surface area (Å²) in [6, 6.07) is 19.8. The van der Waals surface area contributed by atoms with Gasteiger partial charge >= 0.3 is 5.97 Å². The number of phenolic OH excluding ortho intramolecular Hbond substituents is 1. The molecule has 7 rings (SSSR count). The molecule has 1 fully saturated rings. The minimum Gasteiger partial charge on any atom is -0.508 e. The van der Waals surface area contributed by atoms with Gasteiger partial charge in [0.05, 0.1) is 16.6 Å². The molecule has 1 unspecified atom stereocenters. The average Bonchev–Trinajstić information content (AvgIpc) is 3.61. The number of fused-ring (bicyclic) bond motifs is 3. The summed E-state index contributed by atoms with van der Waals surface area (Å²) in [7, 11) is 0. The van der Waals surface area contributed by atoms with E-state index in [0.29, 0.717) is 28.1 Å². The number of aryl methyl sites for hydroxylation is 1. The smallest absolute Gasteiger partial charge is 0.326 e. The van der Waals surface area contributed by atoms with Gasteiger partial charge in [-0.05, 0) is 86.0 Å². The van der Waals surface area contributed by atoms with E-state index in [0.717, 1.165) is 64.7 Å². The van der Waals surface area contributed by atoms with E-state index in [9.17, 15) is 19.8 Å². The number of carboxylic acid groups (broad SMARTS) is 1. The number of aromatic nitrogens is 4. The standard InChI is InChI=1S/C35H33N5O4/c1-20-7-8-21-15-22(9-12-28(21)37-20)33-38-30-16-23(10-14-32(30)40(33)25-5-3-2-4-6-25)34(42)39-31(35(43)44)17-24-19-36-29-13-11-26(41)18-27(24)29/h7-16,18-19,25,31,36,41H,2-6,17H2,1H3,(H,39,42)(H,43,44). The molecule has 0 spiro atoms. The Morgan fingerprint density at radius 3 is 2.64 bits per heavy atom. The summed E-state index contributed by atoms with van der Waals surface area (Å²) in [4.78, 5) is 38.4. The van der Waals surface area contributed by atoms with Crippen LogP contribution in [0.4, 0.5) is 0 Å². The number of pyridine rings is 1. The summed E-state index contributed by atoms with van der Waals surface area (Å²) in [5.74, 6) is -0.676. The third-order valence-corrected chi connectivity index (χ3v) is 8.76. The van der Waals surface area contributed by atoms with Gasteiger partial charge in [0.25, 0.3) is 5.91 Å². The molecule has 9 heteroatoms. The van der Waals surface area contributed by atoms with Crippen molar-refractivity contribution in [3.05, 3.63) is 89.7 Å². The molecular weight excluding hydrogens is 554 g/mol. The zero-order valence-corrected chi connectivity index (χ0v) is 24.4. The highest BCUT2D eigenvalue weighted by Crippen LogP contribution is 2.37. The maximum atomic E-state index is 13.4. The number of H-pyrrole nitrogens is 1. The van der Waals surface area contributed by atoms with Gasteiger partial charge < -0.3 is 25.1 Å². The van der Waals surface area contributed by atoms with Gasteiger partial charge in [0.1, 0.15) is 17.6 Å². The fraction of sp³-hybridized carbons (Fsp3) is 0.257. The first kappa shape index (κ1) is 27.6. The summed E-state index contributed by atoms with van der Waals surface area (Å²) >= 11 is 0. The molecule has 1 saturated carbocycles. The van der Waals surface area contributed by atoms with E-state index >= 15 is 0 Å². The number of amides is 1. The van der Waals surface area contributed by atoms with Gasteiger partial charge in [-0.15, -0.1) is 0 Å². The van der Waals surface area contributed by atoms with Gasteiger partial charge in [0.2, 0.25) is 0 Å². The third-order valence-electron chi connectivity index (χ3n) is 8.76. The average molecular weight is 588 g/mol. The number of hydrogen-bond donors (Lipinski definition) is 4. The number of rotatable bonds is 7. The number of aliphatic carboxylic acids is 1. The van der Waals surface area contributed by atoms with Crippen molar-refractivity contribution in [2.75, 3.05) is 0 Å². The van der Waals surface area contributed by atoms with Crippen molar-refractivity contribution in [1.82, 2.24) is 24.8 Å². The Kier molecular flexibility index (Phi) is 7.00. The predicted molar refractivity (Wildman–Crippen MR) is 170 cm³/mol. The highest BCUT2D eigenvalue weighted by Gasteiger charge is 2.26. The molecule has 9 nitrogen and oxygen atoms in total. The van der Waals surface area contributed by atoms with Crippen molar-refractivity contribution in [3.63, 3.8) is 0 Å². The van der Waals surface area contributed by atoms with Crippen LogP contribution in [0.2, 0.25) is 0 Å². The molecule has 3 heterocycles. The number of nitrogens with zero attached hydrogens (tertiary/aromatic N) is 3. The van der Waals surface area contributed by atoms with Gasteiger partial charge in [0, 0.05) is 51.8 Å². The number of imidazole rings is 1. The van der Waals surface area contributed by atoms with Gasteiger partial charge in [-0.2, -0.15) is 0 Å².